The summed E-state index contributed by atoms with van der Waals surface area (Å²) >= 11 is 1.54. The molecule has 0 aromatic heterocycles. The summed E-state index contributed by atoms with van der Waals surface area (Å²) < 4.78 is 5.40. The molecule has 0 heterocycles. The van der Waals surface area contributed by atoms with Gasteiger partial charge in [-0.1, -0.05) is 48.5 Å². The first-order chi connectivity index (χ1) is 18.0. The summed E-state index contributed by atoms with van der Waals surface area (Å²) in [5, 5.41) is 15.6. The van der Waals surface area contributed by atoms with Crippen LogP contribution < -0.4 is 10.6 Å². The molecule has 0 radical (unpaired) electrons. The van der Waals surface area contributed by atoms with Crippen molar-refractivity contribution in [3.63, 3.8) is 0 Å². The Balaban J connectivity index is 2.46. The van der Waals surface area contributed by atoms with Crippen molar-refractivity contribution in [2.24, 2.45) is 0 Å². The number of thioether (sulfide) groups is 1. The quantitative estimate of drug-likeness (QED) is 0.372. The number of carbonyl (C=O) groups excluding carboxylic acids is 3. The molecule has 208 valence electrons. The number of amides is 3. The van der Waals surface area contributed by atoms with Crippen LogP contribution in [0.5, 0.6) is 0 Å². The molecule has 3 N–H and O–H groups in total. The van der Waals surface area contributed by atoms with Gasteiger partial charge in [-0.05, 0) is 75.3 Å². The Labute approximate surface area is 230 Å². The van der Waals surface area contributed by atoms with Gasteiger partial charge in [0.25, 0.3) is 0 Å². The molecule has 0 aliphatic heterocycles. The van der Waals surface area contributed by atoms with Crippen molar-refractivity contribution >= 4 is 29.7 Å². The Morgan fingerprint density at radius 3 is 2.34 bits per heavy atom. The van der Waals surface area contributed by atoms with Crippen molar-refractivity contribution in [3.05, 3.63) is 70.8 Å². The lowest BCUT2D eigenvalue weighted by molar-refractivity contribution is -0.143. The normalized spacial score (nSPS) is 12.8. The number of alkyl carbamates (subject to hydrolysis) is 1. The first kappa shape index (κ1) is 31.2. The molecule has 3 amide bonds. The van der Waals surface area contributed by atoms with Crippen LogP contribution in [0.1, 0.15) is 55.5 Å². The third kappa shape index (κ3) is 9.36. The average Bonchev–Trinajstić information content (AvgIpc) is 2.86. The first-order valence-corrected chi connectivity index (χ1v) is 14.2. The lowest BCUT2D eigenvalue weighted by Gasteiger charge is -2.35. The molecule has 0 spiro atoms. The number of hydrogen-bond donors (Lipinski definition) is 3. The van der Waals surface area contributed by atoms with E-state index in [2.05, 4.69) is 10.6 Å². The zero-order valence-electron chi connectivity index (χ0n) is 23.2. The molecular formula is C29H41N3O5S. The van der Waals surface area contributed by atoms with Gasteiger partial charge in [0, 0.05) is 13.1 Å². The predicted octanol–water partition coefficient (Wildman–Crippen LogP) is 4.13. The molecule has 0 saturated carbocycles. The third-order valence-electron chi connectivity index (χ3n) is 6.03. The van der Waals surface area contributed by atoms with Crippen molar-refractivity contribution in [3.8, 4) is 0 Å². The minimum Gasteiger partial charge on any atom is -0.444 e. The fourth-order valence-corrected chi connectivity index (χ4v) is 4.49. The molecule has 0 fully saturated rings. The van der Waals surface area contributed by atoms with Crippen LogP contribution in [0.4, 0.5) is 4.79 Å². The zero-order valence-corrected chi connectivity index (χ0v) is 24.1. The number of ether oxygens (including phenoxy) is 1. The molecule has 2 unspecified atom stereocenters. The monoisotopic (exact) mass is 543 g/mol. The van der Waals surface area contributed by atoms with E-state index in [0.717, 1.165) is 16.7 Å². The summed E-state index contributed by atoms with van der Waals surface area (Å²) in [7, 11) is 0. The molecular weight excluding hydrogens is 502 g/mol. The fraction of sp³-hybridized carbons (Fsp3) is 0.483. The average molecular weight is 544 g/mol. The van der Waals surface area contributed by atoms with Gasteiger partial charge in [0.2, 0.25) is 11.8 Å². The number of aliphatic hydroxyl groups is 1. The Hall–Kier alpha value is -3.04. The second-order valence-corrected chi connectivity index (χ2v) is 11.1. The highest BCUT2D eigenvalue weighted by Crippen LogP contribution is 2.28. The smallest absolute Gasteiger partial charge is 0.408 e. The molecule has 0 bridgehead atoms. The van der Waals surface area contributed by atoms with Crippen LogP contribution in [0, 0.1) is 13.8 Å². The number of rotatable bonds is 12. The summed E-state index contributed by atoms with van der Waals surface area (Å²) in [4.78, 5) is 41.7. The predicted molar refractivity (Wildman–Crippen MR) is 152 cm³/mol. The van der Waals surface area contributed by atoms with E-state index in [1.54, 1.807) is 32.5 Å². The van der Waals surface area contributed by atoms with Gasteiger partial charge in [0.15, 0.2) is 0 Å². The molecule has 0 aliphatic rings. The summed E-state index contributed by atoms with van der Waals surface area (Å²) in [5.74, 6) is -0.224. The number of hydrogen-bond acceptors (Lipinski definition) is 6. The Morgan fingerprint density at radius 2 is 1.74 bits per heavy atom. The molecule has 2 atom stereocenters. The van der Waals surface area contributed by atoms with E-state index in [1.165, 1.54) is 4.90 Å². The Bertz CT molecular complexity index is 1070. The summed E-state index contributed by atoms with van der Waals surface area (Å²) in [6.45, 7) is 8.95. The van der Waals surface area contributed by atoms with Crippen molar-refractivity contribution in [2.45, 2.75) is 65.3 Å². The van der Waals surface area contributed by atoms with Gasteiger partial charge < -0.3 is 25.4 Å². The van der Waals surface area contributed by atoms with Gasteiger partial charge in [-0.2, -0.15) is 11.8 Å². The molecule has 0 saturated heterocycles. The van der Waals surface area contributed by atoms with Crippen molar-refractivity contribution in [2.75, 3.05) is 25.2 Å². The standard InChI is InChI=1S/C29H41N3O5S/c1-20-11-10-14-23(21(20)2)25(26(34)30-19-22-12-8-7-9-13-22)32(16-17-33)27(35)24(15-18-38-6)31-28(36)37-29(3,4)5/h7-14,24-25,33H,15-19H2,1-6H3,(H,30,34)(H,31,36). The van der Waals surface area contributed by atoms with Crippen LogP contribution in [0.3, 0.4) is 0 Å². The number of aryl methyl sites for hydroxylation is 1. The van der Waals surface area contributed by atoms with E-state index in [1.807, 2.05) is 68.6 Å². The molecule has 9 heteroatoms. The van der Waals surface area contributed by atoms with E-state index < -0.39 is 29.7 Å². The van der Waals surface area contributed by atoms with Crippen molar-refractivity contribution < 1.29 is 24.2 Å². The summed E-state index contributed by atoms with van der Waals surface area (Å²) in [6.07, 6.45) is 1.54. The number of nitrogens with zero attached hydrogens (tertiary/aromatic N) is 1. The minimum atomic E-state index is -1.00. The maximum absolute atomic E-state index is 14.0. The largest absolute Gasteiger partial charge is 0.444 e. The van der Waals surface area contributed by atoms with Crippen LogP contribution >= 0.6 is 11.8 Å². The van der Waals surface area contributed by atoms with Crippen LogP contribution in [-0.4, -0.2) is 64.7 Å². The second-order valence-electron chi connectivity index (χ2n) is 10.1. The highest BCUT2D eigenvalue weighted by Gasteiger charge is 2.36. The van der Waals surface area contributed by atoms with Crippen molar-refractivity contribution in [1.29, 1.82) is 0 Å². The fourth-order valence-electron chi connectivity index (χ4n) is 4.02. The van der Waals surface area contributed by atoms with Crippen molar-refractivity contribution in [1.82, 2.24) is 15.5 Å². The second kappa shape index (κ2) is 14.8. The molecule has 0 aliphatic carbocycles. The number of aliphatic hydroxyl groups excluding tert-OH is 1. The van der Waals surface area contributed by atoms with E-state index in [-0.39, 0.29) is 25.6 Å². The lowest BCUT2D eigenvalue weighted by atomic mass is 9.95. The number of carbonyl (C=O) groups is 3. The lowest BCUT2D eigenvalue weighted by Crippen LogP contribution is -2.54. The first-order valence-electron chi connectivity index (χ1n) is 12.8. The topological polar surface area (TPSA) is 108 Å². The van der Waals surface area contributed by atoms with Gasteiger partial charge in [0.05, 0.1) is 6.61 Å². The van der Waals surface area contributed by atoms with E-state index in [4.69, 9.17) is 4.74 Å². The van der Waals surface area contributed by atoms with Gasteiger partial charge in [-0.3, -0.25) is 9.59 Å². The van der Waals surface area contributed by atoms with E-state index in [9.17, 15) is 19.5 Å². The summed E-state index contributed by atoms with van der Waals surface area (Å²) in [5.41, 5.74) is 2.71. The SMILES string of the molecule is CSCCC(NC(=O)OC(C)(C)C)C(=O)N(CCO)C(C(=O)NCc1ccccc1)c1cccc(C)c1C. The highest BCUT2D eigenvalue weighted by atomic mass is 32.2. The minimum absolute atomic E-state index is 0.0819. The number of benzene rings is 2. The third-order valence-corrected chi connectivity index (χ3v) is 6.68. The molecule has 2 aromatic carbocycles. The maximum atomic E-state index is 14.0. The van der Waals surface area contributed by atoms with Gasteiger partial charge in [-0.15, -0.1) is 0 Å². The summed E-state index contributed by atoms with van der Waals surface area (Å²) in [6, 6.07) is 13.2. The van der Waals surface area contributed by atoms with Crippen LogP contribution in [0.2, 0.25) is 0 Å². The van der Waals surface area contributed by atoms with Gasteiger partial charge in [0.1, 0.15) is 17.7 Å². The van der Waals surface area contributed by atoms with Crippen LogP contribution in [-0.2, 0) is 20.9 Å². The molecule has 38 heavy (non-hydrogen) atoms. The zero-order chi connectivity index (χ0) is 28.3. The molecule has 8 nitrogen and oxygen atoms in total. The molecule has 2 aromatic rings. The maximum Gasteiger partial charge on any atom is 0.408 e. The number of nitrogens with one attached hydrogen (secondary N) is 2. The van der Waals surface area contributed by atoms with E-state index in [0.29, 0.717) is 17.7 Å². The van der Waals surface area contributed by atoms with Crippen LogP contribution in [0.15, 0.2) is 48.5 Å². The Morgan fingerprint density at radius 1 is 1.05 bits per heavy atom. The Kier molecular flexibility index (Phi) is 12.1. The van der Waals surface area contributed by atoms with Crippen LogP contribution in [0.25, 0.3) is 0 Å². The molecule has 2 rings (SSSR count). The van der Waals surface area contributed by atoms with Gasteiger partial charge >= 0.3 is 6.09 Å². The van der Waals surface area contributed by atoms with E-state index >= 15 is 0 Å². The van der Waals surface area contributed by atoms with Gasteiger partial charge in [-0.25, -0.2) is 4.79 Å². The highest BCUT2D eigenvalue weighted by molar-refractivity contribution is 7.98.